The minimum Gasteiger partial charge on any atom is -0.394 e. The standard InChI is InChI=1S/C19H23F3N11O8PS/c20-7-5(1-34)39-16(32-4-27-9-14(32)28-18(24)29-15(9)36)10(7)41-42(37,43)38-2-6-11(35)19(21,22)17(40-6)33-13-8(30-31-33)12(23)25-3-26-13/h3-7,10-12,16-17,34-35H,1-2,23H2,(H,25,26)(H,37,43)(H3,24,28,29,36)/t5-,6-,7-,10-,11-,12?,16-,17-,42?/m1/s1. The lowest BCUT2D eigenvalue weighted by atomic mass is 10.1. The van der Waals surface area contributed by atoms with E-state index in [1.165, 1.54) is 0 Å². The Kier molecular flexibility index (Phi) is 7.50. The number of rotatable bonds is 8. The number of alkyl halides is 3. The largest absolute Gasteiger partial charge is 0.394 e. The molecule has 3 aromatic rings. The monoisotopic (exact) mass is 653 g/mol. The molecule has 0 amide bonds. The Bertz CT molecular complexity index is 1670. The van der Waals surface area contributed by atoms with Crippen molar-refractivity contribution in [3.63, 3.8) is 0 Å². The number of hydrogen-bond donors (Lipinski definition) is 7. The molecule has 24 heteroatoms. The van der Waals surface area contributed by atoms with E-state index in [9.17, 15) is 19.6 Å². The van der Waals surface area contributed by atoms with Gasteiger partial charge in [0.05, 0.1) is 25.9 Å². The van der Waals surface area contributed by atoms with Gasteiger partial charge in [-0.3, -0.25) is 23.4 Å². The molecule has 0 spiro atoms. The number of aliphatic hydroxyl groups is 2. The number of nitrogens with two attached hydrogens (primary N) is 2. The van der Waals surface area contributed by atoms with Crippen LogP contribution in [0.15, 0.2) is 16.1 Å². The molecule has 8 N–H and O–H groups in total. The fraction of sp³-hybridized carbons (Fsp3) is 0.579. The Labute approximate surface area is 242 Å². The summed E-state index contributed by atoms with van der Waals surface area (Å²) in [6.07, 6.45) is -12.1. The summed E-state index contributed by atoms with van der Waals surface area (Å²) in [5, 5.41) is 29.9. The Morgan fingerprint density at radius 2 is 2.07 bits per heavy atom. The van der Waals surface area contributed by atoms with Gasteiger partial charge in [-0.05, 0) is 0 Å². The van der Waals surface area contributed by atoms with Crippen LogP contribution in [0.2, 0.25) is 0 Å². The number of anilines is 1. The second-order valence-corrected chi connectivity index (χ2v) is 12.5. The third-order valence-corrected chi connectivity index (χ3v) is 8.47. The number of aromatic nitrogens is 7. The molecule has 6 heterocycles. The lowest BCUT2D eigenvalue weighted by molar-refractivity contribution is -0.143. The van der Waals surface area contributed by atoms with E-state index in [1.54, 1.807) is 0 Å². The Morgan fingerprint density at radius 3 is 2.81 bits per heavy atom. The maximum atomic E-state index is 15.3. The van der Waals surface area contributed by atoms with Gasteiger partial charge in [-0.1, -0.05) is 17.5 Å². The minimum atomic E-state index is -4.64. The molecule has 0 bridgehead atoms. The summed E-state index contributed by atoms with van der Waals surface area (Å²) >= 11 is 3.83. The molecular weight excluding hydrogens is 630 g/mol. The van der Waals surface area contributed by atoms with Crippen LogP contribution in [0, 0.1) is 0 Å². The Morgan fingerprint density at radius 1 is 1.30 bits per heavy atom. The fourth-order valence-corrected chi connectivity index (χ4v) is 6.23. The third kappa shape index (κ3) is 5.09. The van der Waals surface area contributed by atoms with Crippen LogP contribution in [-0.2, 0) is 23.1 Å². The number of hydrogen-bond acceptors (Lipinski definition) is 16. The van der Waals surface area contributed by atoms with Crippen molar-refractivity contribution in [2.24, 2.45) is 10.7 Å². The van der Waals surface area contributed by atoms with E-state index in [0.29, 0.717) is 4.68 Å². The molecule has 3 aromatic heterocycles. The minimum absolute atomic E-state index is 0.0489. The molecule has 0 saturated carbocycles. The highest BCUT2D eigenvalue weighted by atomic mass is 32.7. The number of nitrogen functional groups attached to an aromatic ring is 1. The second-order valence-electron chi connectivity index (χ2n) is 9.59. The molecule has 19 nitrogen and oxygen atoms in total. The molecule has 9 atom stereocenters. The van der Waals surface area contributed by atoms with Crippen LogP contribution in [0.5, 0.6) is 0 Å². The third-order valence-electron chi connectivity index (χ3n) is 6.86. The molecule has 2 saturated heterocycles. The highest BCUT2D eigenvalue weighted by Gasteiger charge is 2.61. The molecular formula is C19H23F3N11O8PS. The first-order valence-corrected chi connectivity index (χ1v) is 15.0. The molecule has 2 unspecified atom stereocenters. The van der Waals surface area contributed by atoms with Crippen LogP contribution in [0.4, 0.5) is 24.9 Å². The first-order chi connectivity index (χ1) is 20.3. The van der Waals surface area contributed by atoms with Crippen LogP contribution in [0.3, 0.4) is 0 Å². The van der Waals surface area contributed by atoms with E-state index in [1.807, 2.05) is 0 Å². The van der Waals surface area contributed by atoms with Crippen LogP contribution in [0.25, 0.3) is 11.2 Å². The number of ether oxygens (including phenoxy) is 2. The van der Waals surface area contributed by atoms with Crippen molar-refractivity contribution in [3.8, 4) is 0 Å². The molecule has 6 rings (SSSR count). The summed E-state index contributed by atoms with van der Waals surface area (Å²) in [6, 6.07) is 0. The first kappa shape index (κ1) is 29.9. The number of H-pyrrole nitrogens is 1. The number of aliphatic hydroxyl groups excluding tert-OH is 2. The van der Waals surface area contributed by atoms with Gasteiger partial charge < -0.3 is 36.5 Å². The number of aromatic amines is 1. The topological polar surface area (TPSA) is 265 Å². The van der Waals surface area contributed by atoms with Gasteiger partial charge in [-0.25, -0.2) is 18.9 Å². The van der Waals surface area contributed by atoms with E-state index >= 15 is 13.2 Å². The van der Waals surface area contributed by atoms with E-state index in [2.05, 4.69) is 47.8 Å². The number of imidazole rings is 1. The quantitative estimate of drug-likeness (QED) is 0.111. The molecule has 0 aromatic carbocycles. The molecule has 2 fully saturated rings. The zero-order valence-electron chi connectivity index (χ0n) is 21.3. The number of aliphatic imine (C=N–C) groups is 1. The second kappa shape index (κ2) is 10.8. The lowest BCUT2D eigenvalue weighted by Crippen LogP contribution is -2.40. The summed E-state index contributed by atoms with van der Waals surface area (Å²) in [7, 11) is 0. The number of thiol groups is 1. The van der Waals surface area contributed by atoms with E-state index in [-0.39, 0.29) is 28.6 Å². The first-order valence-electron chi connectivity index (χ1n) is 12.3. The van der Waals surface area contributed by atoms with Crippen molar-refractivity contribution in [3.05, 3.63) is 22.4 Å². The lowest BCUT2D eigenvalue weighted by Gasteiger charge is -2.25. The van der Waals surface area contributed by atoms with Gasteiger partial charge in [0.2, 0.25) is 12.2 Å². The van der Waals surface area contributed by atoms with Crippen molar-refractivity contribution < 1.29 is 46.5 Å². The summed E-state index contributed by atoms with van der Waals surface area (Å²) in [5.41, 5.74) is 10.4. The predicted molar refractivity (Wildman–Crippen MR) is 139 cm³/mol. The van der Waals surface area contributed by atoms with Crippen molar-refractivity contribution >= 4 is 48.3 Å². The van der Waals surface area contributed by atoms with Crippen molar-refractivity contribution in [2.75, 3.05) is 18.9 Å². The van der Waals surface area contributed by atoms with E-state index in [4.69, 9.17) is 30.0 Å². The van der Waals surface area contributed by atoms with Crippen molar-refractivity contribution in [1.29, 1.82) is 0 Å². The van der Waals surface area contributed by atoms with Gasteiger partial charge in [0.25, 0.3) is 5.56 Å². The average Bonchev–Trinajstić information content (AvgIpc) is 3.68. The summed E-state index contributed by atoms with van der Waals surface area (Å²) in [6.45, 7) is -6.42. The molecule has 43 heavy (non-hydrogen) atoms. The molecule has 0 aliphatic carbocycles. The Balaban J connectivity index is 1.20. The number of fused-ring (bicyclic) bond motifs is 2. The number of nitrogens with one attached hydrogen (secondary N) is 2. The molecule has 234 valence electrons. The van der Waals surface area contributed by atoms with Gasteiger partial charge in [0, 0.05) is 0 Å². The van der Waals surface area contributed by atoms with Gasteiger partial charge in [-0.2, -0.15) is 18.4 Å². The SMILES string of the molecule is Nc1nc2c(ncn2[C@@H]2O[C@H](CO)[C@@H](F)[C@H]2OP(=O)(S)OC[C@H]2O[C@@H](n3nnc4c3N=CNC4N)C(F)(F)[C@@H]2O)c(=O)[nH]1. The van der Waals surface area contributed by atoms with Gasteiger partial charge >= 0.3 is 12.7 Å². The van der Waals surface area contributed by atoms with Crippen LogP contribution in [-0.4, -0.2) is 101 Å². The van der Waals surface area contributed by atoms with E-state index < -0.39 is 80.7 Å². The van der Waals surface area contributed by atoms with E-state index in [0.717, 1.165) is 17.2 Å². The van der Waals surface area contributed by atoms with Crippen LogP contribution < -0.4 is 22.3 Å². The highest BCUT2D eigenvalue weighted by Crippen LogP contribution is 2.58. The zero-order chi connectivity index (χ0) is 30.8. The number of nitrogens with zero attached hydrogens (tertiary/aromatic N) is 7. The molecule has 0 radical (unpaired) electrons. The maximum absolute atomic E-state index is 15.3. The average molecular weight is 653 g/mol. The van der Waals surface area contributed by atoms with Crippen molar-refractivity contribution in [2.45, 2.75) is 55.1 Å². The summed E-state index contributed by atoms with van der Waals surface area (Å²) in [4.78, 5) is 26.2. The normalized spacial score (nSPS) is 33.0. The number of halogens is 3. The smallest absolute Gasteiger partial charge is 0.386 e. The van der Waals surface area contributed by atoms with Gasteiger partial charge in [0.1, 0.15) is 30.2 Å². The summed E-state index contributed by atoms with van der Waals surface area (Å²) < 4.78 is 81.6. The highest BCUT2D eigenvalue weighted by molar-refractivity contribution is 8.44. The fourth-order valence-electron chi connectivity index (χ4n) is 4.78. The van der Waals surface area contributed by atoms with Gasteiger partial charge in [-0.15, -0.1) is 5.10 Å². The zero-order valence-corrected chi connectivity index (χ0v) is 23.1. The predicted octanol–water partition coefficient (Wildman–Crippen LogP) is -1.23. The van der Waals surface area contributed by atoms with Crippen LogP contribution >= 0.6 is 19.0 Å². The molecule has 3 aliphatic rings. The van der Waals surface area contributed by atoms with Crippen LogP contribution in [0.1, 0.15) is 24.3 Å². The van der Waals surface area contributed by atoms with Crippen molar-refractivity contribution in [1.82, 2.24) is 39.8 Å². The van der Waals surface area contributed by atoms with Gasteiger partial charge in [0.15, 0.2) is 35.5 Å². The molecule has 3 aliphatic heterocycles. The summed E-state index contributed by atoms with van der Waals surface area (Å²) in [5.74, 6) is -4.39. The Hall–Kier alpha value is -3.15. The maximum Gasteiger partial charge on any atom is 0.386 e.